The van der Waals surface area contributed by atoms with E-state index in [0.717, 1.165) is 5.92 Å². The van der Waals surface area contributed by atoms with Crippen molar-refractivity contribution < 1.29 is 0 Å². The first kappa shape index (κ1) is 13.2. The molecule has 0 amide bonds. The van der Waals surface area contributed by atoms with Crippen molar-refractivity contribution in [3.8, 4) is 0 Å². The fourth-order valence-corrected chi connectivity index (χ4v) is 2.77. The molecule has 1 aliphatic carbocycles. The van der Waals surface area contributed by atoms with E-state index in [1.807, 2.05) is 6.07 Å². The van der Waals surface area contributed by atoms with Gasteiger partial charge in [-0.3, -0.25) is 0 Å². The highest BCUT2D eigenvalue weighted by molar-refractivity contribution is 5.48. The van der Waals surface area contributed by atoms with Gasteiger partial charge in [0.15, 0.2) is 0 Å². The summed E-state index contributed by atoms with van der Waals surface area (Å²) < 4.78 is 0. The van der Waals surface area contributed by atoms with Gasteiger partial charge < -0.3 is 10.6 Å². The lowest BCUT2D eigenvalue weighted by molar-refractivity contribution is 0.680. The molecule has 2 aromatic rings. The van der Waals surface area contributed by atoms with Crippen molar-refractivity contribution in [3.63, 3.8) is 0 Å². The smallest absolute Gasteiger partial charge is 0.0661 e. The molecule has 0 spiro atoms. The van der Waals surface area contributed by atoms with Crippen LogP contribution < -0.4 is 10.6 Å². The molecular formula is C18H22N2. The van der Waals surface area contributed by atoms with Gasteiger partial charge in [-0.15, -0.1) is 0 Å². The van der Waals surface area contributed by atoms with Gasteiger partial charge in [0.2, 0.25) is 0 Å². The van der Waals surface area contributed by atoms with Crippen LogP contribution in [0.4, 0.5) is 5.69 Å². The molecule has 20 heavy (non-hydrogen) atoms. The van der Waals surface area contributed by atoms with Gasteiger partial charge >= 0.3 is 0 Å². The molecule has 2 aromatic carbocycles. The largest absolute Gasteiger partial charge is 0.366 e. The van der Waals surface area contributed by atoms with Gasteiger partial charge in [0.05, 0.1) is 6.04 Å². The van der Waals surface area contributed by atoms with E-state index < -0.39 is 0 Å². The lowest BCUT2D eigenvalue weighted by Gasteiger charge is -2.29. The zero-order chi connectivity index (χ0) is 13.9. The third-order valence-electron chi connectivity index (χ3n) is 4.22. The molecule has 1 atom stereocenters. The normalized spacial score (nSPS) is 15.9. The van der Waals surface area contributed by atoms with Gasteiger partial charge in [0.1, 0.15) is 0 Å². The van der Waals surface area contributed by atoms with E-state index in [9.17, 15) is 0 Å². The number of hydrogen-bond acceptors (Lipinski definition) is 2. The highest BCUT2D eigenvalue weighted by Crippen LogP contribution is 2.40. The van der Waals surface area contributed by atoms with E-state index in [1.54, 1.807) is 0 Å². The summed E-state index contributed by atoms with van der Waals surface area (Å²) in [6.07, 6.45) is 2.70. The minimum Gasteiger partial charge on any atom is -0.366 e. The fourth-order valence-electron chi connectivity index (χ4n) is 2.77. The zero-order valence-corrected chi connectivity index (χ0v) is 12.0. The molecule has 2 nitrogen and oxygen atoms in total. The van der Waals surface area contributed by atoms with E-state index in [1.165, 1.54) is 29.7 Å². The van der Waals surface area contributed by atoms with Crippen molar-refractivity contribution in [1.29, 1.82) is 0 Å². The van der Waals surface area contributed by atoms with Gasteiger partial charge in [0, 0.05) is 19.3 Å². The molecule has 0 bridgehead atoms. The van der Waals surface area contributed by atoms with Gasteiger partial charge in [-0.25, -0.2) is 0 Å². The number of nitrogens with two attached hydrogens (primary N) is 1. The highest BCUT2D eigenvalue weighted by atomic mass is 15.1. The first-order valence-corrected chi connectivity index (χ1v) is 7.37. The lowest BCUT2D eigenvalue weighted by atomic mass is 10.0. The third-order valence-corrected chi connectivity index (χ3v) is 4.22. The summed E-state index contributed by atoms with van der Waals surface area (Å²) in [6.45, 7) is 0.619. The van der Waals surface area contributed by atoms with Crippen LogP contribution in [0.2, 0.25) is 0 Å². The SMILES string of the molecule is CN(c1ccccc1)C(CN)c1ccc(C2CC2)cc1. The third kappa shape index (κ3) is 2.70. The Kier molecular flexibility index (Phi) is 3.75. The Morgan fingerprint density at radius 1 is 1.05 bits per heavy atom. The second-order valence-corrected chi connectivity index (χ2v) is 5.64. The predicted molar refractivity (Wildman–Crippen MR) is 85.1 cm³/mol. The van der Waals surface area contributed by atoms with Gasteiger partial charge in [0.25, 0.3) is 0 Å². The number of rotatable bonds is 5. The Labute approximate surface area is 121 Å². The standard InChI is InChI=1S/C18H22N2/c1-20(17-5-3-2-4-6-17)18(13-19)16-11-9-15(10-12-16)14-7-8-14/h2-6,9-12,14,18H,7-8,13,19H2,1H3. The molecule has 3 rings (SSSR count). The van der Waals surface area contributed by atoms with Crippen molar-refractivity contribution >= 4 is 5.69 Å². The average molecular weight is 266 g/mol. The monoisotopic (exact) mass is 266 g/mol. The Balaban J connectivity index is 1.81. The van der Waals surface area contributed by atoms with E-state index in [0.29, 0.717) is 6.54 Å². The van der Waals surface area contributed by atoms with Crippen molar-refractivity contribution in [3.05, 3.63) is 65.7 Å². The maximum atomic E-state index is 6.01. The van der Waals surface area contributed by atoms with Crippen molar-refractivity contribution in [2.24, 2.45) is 5.73 Å². The molecule has 0 heterocycles. The molecule has 104 valence electrons. The van der Waals surface area contributed by atoms with Crippen LogP contribution in [0.1, 0.15) is 35.9 Å². The summed E-state index contributed by atoms with van der Waals surface area (Å²) in [6, 6.07) is 19.7. The van der Waals surface area contributed by atoms with E-state index in [2.05, 4.69) is 60.5 Å². The molecule has 0 aromatic heterocycles. The summed E-state index contributed by atoms with van der Waals surface area (Å²) in [5.41, 5.74) is 9.99. The fraction of sp³-hybridized carbons (Fsp3) is 0.333. The Bertz CT molecular complexity index is 543. The second kappa shape index (κ2) is 5.68. The van der Waals surface area contributed by atoms with Crippen LogP contribution in [0.3, 0.4) is 0 Å². The summed E-state index contributed by atoms with van der Waals surface area (Å²) in [5.74, 6) is 0.812. The quantitative estimate of drug-likeness (QED) is 0.894. The highest BCUT2D eigenvalue weighted by Gasteiger charge is 2.23. The lowest BCUT2D eigenvalue weighted by Crippen LogP contribution is -2.30. The topological polar surface area (TPSA) is 29.3 Å². The zero-order valence-electron chi connectivity index (χ0n) is 12.0. The number of para-hydroxylation sites is 1. The number of hydrogen-bond donors (Lipinski definition) is 1. The summed E-state index contributed by atoms with van der Waals surface area (Å²) in [7, 11) is 2.11. The molecule has 1 unspecified atom stereocenters. The van der Waals surface area contributed by atoms with Gasteiger partial charge in [-0.05, 0) is 42.0 Å². The molecule has 0 aliphatic heterocycles. The molecule has 2 N–H and O–H groups in total. The minimum atomic E-state index is 0.227. The molecule has 0 saturated heterocycles. The van der Waals surface area contributed by atoms with Crippen LogP contribution in [-0.2, 0) is 0 Å². The predicted octanol–water partition coefficient (Wildman–Crippen LogP) is 3.70. The molecule has 2 heteroatoms. The van der Waals surface area contributed by atoms with Crippen LogP contribution in [0, 0.1) is 0 Å². The molecule has 0 radical (unpaired) electrons. The number of nitrogens with zero attached hydrogens (tertiary/aromatic N) is 1. The number of benzene rings is 2. The van der Waals surface area contributed by atoms with Gasteiger partial charge in [-0.2, -0.15) is 0 Å². The van der Waals surface area contributed by atoms with Crippen LogP contribution >= 0.6 is 0 Å². The van der Waals surface area contributed by atoms with E-state index >= 15 is 0 Å². The first-order chi connectivity index (χ1) is 9.79. The molecule has 1 saturated carbocycles. The van der Waals surface area contributed by atoms with E-state index in [-0.39, 0.29) is 6.04 Å². The number of anilines is 1. The number of likely N-dealkylation sites (N-methyl/N-ethyl adjacent to an activating group) is 1. The summed E-state index contributed by atoms with van der Waals surface area (Å²) in [4.78, 5) is 2.26. The Morgan fingerprint density at radius 2 is 1.70 bits per heavy atom. The maximum absolute atomic E-state index is 6.01. The van der Waals surface area contributed by atoms with E-state index in [4.69, 9.17) is 5.73 Å². The summed E-state index contributed by atoms with van der Waals surface area (Å²) in [5, 5.41) is 0. The molecular weight excluding hydrogens is 244 g/mol. The van der Waals surface area contributed by atoms with Crippen molar-refractivity contribution in [2.45, 2.75) is 24.8 Å². The van der Waals surface area contributed by atoms with Crippen LogP contribution in [-0.4, -0.2) is 13.6 Å². The van der Waals surface area contributed by atoms with Crippen LogP contribution in [0.15, 0.2) is 54.6 Å². The van der Waals surface area contributed by atoms with Crippen LogP contribution in [0.5, 0.6) is 0 Å². The second-order valence-electron chi connectivity index (χ2n) is 5.64. The van der Waals surface area contributed by atoms with Crippen LogP contribution in [0.25, 0.3) is 0 Å². The molecule has 1 aliphatic rings. The van der Waals surface area contributed by atoms with Crippen molar-refractivity contribution in [1.82, 2.24) is 0 Å². The average Bonchev–Trinajstić information content (AvgIpc) is 3.34. The Hall–Kier alpha value is -1.80. The van der Waals surface area contributed by atoms with Gasteiger partial charge in [-0.1, -0.05) is 42.5 Å². The molecule has 1 fully saturated rings. The van der Waals surface area contributed by atoms with Crippen molar-refractivity contribution in [2.75, 3.05) is 18.5 Å². The Morgan fingerprint density at radius 3 is 2.25 bits per heavy atom. The first-order valence-electron chi connectivity index (χ1n) is 7.37. The maximum Gasteiger partial charge on any atom is 0.0661 e. The summed E-state index contributed by atoms with van der Waals surface area (Å²) >= 11 is 0. The minimum absolute atomic E-state index is 0.227.